The van der Waals surface area contributed by atoms with Crippen LogP contribution in [0.1, 0.15) is 128 Å². The third-order valence-corrected chi connectivity index (χ3v) is 7.50. The van der Waals surface area contributed by atoms with Crippen molar-refractivity contribution >= 4 is 21.8 Å². The summed E-state index contributed by atoms with van der Waals surface area (Å²) in [6, 6.07) is 0. The van der Waals surface area contributed by atoms with Crippen molar-refractivity contribution in [2.45, 2.75) is 129 Å². The first kappa shape index (κ1) is 32.0. The summed E-state index contributed by atoms with van der Waals surface area (Å²) in [5, 5.41) is 16.7. The van der Waals surface area contributed by atoms with E-state index in [1.54, 1.807) is 0 Å². The minimum atomic E-state index is -3.67. The highest BCUT2D eigenvalue weighted by Crippen LogP contribution is 2.13. The fraction of sp³-hybridized carbons (Fsp3) is 0.880. The number of carbonyl (C=O) groups is 2. The minimum Gasteiger partial charge on any atom is -0.356 e. The second-order valence-electron chi connectivity index (χ2n) is 9.58. The molecule has 2 amide bonds. The smallest absolute Gasteiger partial charge is 0.234 e. The number of hydrogen-bond donors (Lipinski definition) is 3. The SMILES string of the molecule is CCCCNC(=O)CCCS(=O)(=O)NC(=O)CCCCCCCCCCCCCCCc1nn[nH]n1. The number of carbonyl (C=O) groups excluding carboxylic acids is 2. The monoisotopic (exact) mass is 528 g/mol. The molecule has 0 bridgehead atoms. The molecule has 1 aromatic heterocycles. The van der Waals surface area contributed by atoms with E-state index < -0.39 is 15.9 Å². The molecule has 0 atom stereocenters. The molecule has 0 unspecified atom stereocenters. The van der Waals surface area contributed by atoms with Crippen LogP contribution in [0.5, 0.6) is 0 Å². The van der Waals surface area contributed by atoms with Crippen LogP contribution in [0, 0.1) is 0 Å². The second-order valence-corrected chi connectivity index (χ2v) is 11.4. The number of hydrogen-bond acceptors (Lipinski definition) is 7. The zero-order valence-electron chi connectivity index (χ0n) is 22.2. The average molecular weight is 529 g/mol. The van der Waals surface area contributed by atoms with Gasteiger partial charge in [-0.15, -0.1) is 10.2 Å². The lowest BCUT2D eigenvalue weighted by atomic mass is 10.0. The first-order valence-corrected chi connectivity index (χ1v) is 15.6. The lowest BCUT2D eigenvalue weighted by Crippen LogP contribution is -2.33. The average Bonchev–Trinajstić information content (AvgIpc) is 3.35. The summed E-state index contributed by atoms with van der Waals surface area (Å²) in [6.45, 7) is 2.65. The van der Waals surface area contributed by atoms with Crippen LogP contribution in [0.2, 0.25) is 0 Å². The van der Waals surface area contributed by atoms with Crippen LogP contribution < -0.4 is 10.0 Å². The molecule has 0 saturated carbocycles. The third-order valence-electron chi connectivity index (χ3n) is 6.13. The van der Waals surface area contributed by atoms with Crippen molar-refractivity contribution < 1.29 is 18.0 Å². The highest BCUT2D eigenvalue weighted by Gasteiger charge is 2.15. The molecule has 1 aromatic rings. The molecule has 10 nitrogen and oxygen atoms in total. The quantitative estimate of drug-likeness (QED) is 0.169. The van der Waals surface area contributed by atoms with Gasteiger partial charge in [-0.25, -0.2) is 8.42 Å². The van der Waals surface area contributed by atoms with Gasteiger partial charge < -0.3 is 5.32 Å². The Morgan fingerprint density at radius 3 is 1.86 bits per heavy atom. The number of unbranched alkanes of at least 4 members (excludes halogenated alkanes) is 13. The van der Waals surface area contributed by atoms with Gasteiger partial charge in [0, 0.05) is 25.8 Å². The molecule has 3 N–H and O–H groups in total. The molecule has 0 spiro atoms. The van der Waals surface area contributed by atoms with Gasteiger partial charge in [0.25, 0.3) is 0 Å². The standard InChI is InChI=1S/C25H48N6O4S/c1-2-3-21-26-24(32)20-17-22-36(34,35)29-25(33)19-16-14-12-10-8-6-4-5-7-9-11-13-15-18-23-27-30-31-28-23/h2-22H2,1H3,(H,26,32)(H,29,33)(H,27,28,30,31). The first-order valence-electron chi connectivity index (χ1n) is 14.0. The van der Waals surface area contributed by atoms with Crippen LogP contribution in [-0.2, 0) is 26.0 Å². The summed E-state index contributed by atoms with van der Waals surface area (Å²) in [6.07, 6.45) is 18.5. The fourth-order valence-corrected chi connectivity index (χ4v) is 5.07. The first-order chi connectivity index (χ1) is 17.4. The molecule has 0 aromatic carbocycles. The Hall–Kier alpha value is -2.04. The van der Waals surface area contributed by atoms with Gasteiger partial charge in [0.1, 0.15) is 0 Å². The van der Waals surface area contributed by atoms with Gasteiger partial charge in [0.2, 0.25) is 21.8 Å². The molecule has 0 saturated heterocycles. The van der Waals surface area contributed by atoms with E-state index in [0.29, 0.717) is 13.0 Å². The third kappa shape index (κ3) is 19.2. The number of rotatable bonds is 24. The van der Waals surface area contributed by atoms with E-state index >= 15 is 0 Å². The predicted octanol–water partition coefficient (Wildman–Crippen LogP) is 4.35. The van der Waals surface area contributed by atoms with E-state index in [2.05, 4.69) is 30.7 Å². The van der Waals surface area contributed by atoms with Gasteiger partial charge in [-0.1, -0.05) is 89.2 Å². The van der Waals surface area contributed by atoms with Gasteiger partial charge >= 0.3 is 0 Å². The van der Waals surface area contributed by atoms with E-state index in [-0.39, 0.29) is 30.9 Å². The molecule has 0 radical (unpaired) electrons. The maximum absolute atomic E-state index is 12.0. The van der Waals surface area contributed by atoms with Crippen LogP contribution in [0.3, 0.4) is 0 Å². The number of tetrazole rings is 1. The lowest BCUT2D eigenvalue weighted by Gasteiger charge is -2.07. The van der Waals surface area contributed by atoms with E-state index in [4.69, 9.17) is 0 Å². The number of nitrogens with zero attached hydrogens (tertiary/aromatic N) is 3. The Labute approximate surface area is 217 Å². The zero-order chi connectivity index (χ0) is 26.3. The number of H-pyrrole nitrogens is 1. The molecule has 0 aliphatic carbocycles. The number of aryl methyl sites for hydroxylation is 1. The van der Waals surface area contributed by atoms with Gasteiger partial charge in [0.05, 0.1) is 5.75 Å². The topological polar surface area (TPSA) is 147 Å². The Bertz CT molecular complexity index is 786. The predicted molar refractivity (Wildman–Crippen MR) is 142 cm³/mol. The van der Waals surface area contributed by atoms with Crippen molar-refractivity contribution in [3.05, 3.63) is 5.82 Å². The molecular weight excluding hydrogens is 480 g/mol. The second kappa shape index (κ2) is 21.1. The lowest BCUT2D eigenvalue weighted by molar-refractivity contribution is -0.121. The molecule has 11 heteroatoms. The largest absolute Gasteiger partial charge is 0.356 e. The molecule has 0 fully saturated rings. The molecule has 208 valence electrons. The van der Waals surface area contributed by atoms with Crippen LogP contribution in [-0.4, -0.2) is 53.2 Å². The van der Waals surface area contributed by atoms with Crippen molar-refractivity contribution in [2.24, 2.45) is 0 Å². The highest BCUT2D eigenvalue weighted by molar-refractivity contribution is 7.90. The Balaban J connectivity index is 1.86. The summed E-state index contributed by atoms with van der Waals surface area (Å²) in [4.78, 5) is 23.5. The van der Waals surface area contributed by atoms with Gasteiger partial charge in [-0.3, -0.25) is 14.3 Å². The van der Waals surface area contributed by atoms with E-state index in [9.17, 15) is 18.0 Å². The Kier molecular flexibility index (Phi) is 18.7. The number of sulfonamides is 1. The molecule has 0 aliphatic rings. The maximum Gasteiger partial charge on any atom is 0.234 e. The van der Waals surface area contributed by atoms with Crippen molar-refractivity contribution in [1.82, 2.24) is 30.7 Å². The summed E-state index contributed by atoms with van der Waals surface area (Å²) in [5.74, 6) is 0.00571. The molecular formula is C25H48N6O4S. The fourth-order valence-electron chi connectivity index (χ4n) is 3.99. The Morgan fingerprint density at radius 1 is 0.750 bits per heavy atom. The number of nitrogens with one attached hydrogen (secondary N) is 3. The molecule has 36 heavy (non-hydrogen) atoms. The van der Waals surface area contributed by atoms with Crippen molar-refractivity contribution in [3.8, 4) is 0 Å². The van der Waals surface area contributed by atoms with Gasteiger partial charge in [-0.2, -0.15) is 5.21 Å². The van der Waals surface area contributed by atoms with E-state index in [1.807, 2.05) is 6.92 Å². The number of aromatic amines is 1. The highest BCUT2D eigenvalue weighted by atomic mass is 32.2. The number of amides is 2. The van der Waals surface area contributed by atoms with Crippen LogP contribution in [0.4, 0.5) is 0 Å². The summed E-state index contributed by atoms with van der Waals surface area (Å²) >= 11 is 0. The summed E-state index contributed by atoms with van der Waals surface area (Å²) in [5.41, 5.74) is 0. The van der Waals surface area contributed by atoms with Gasteiger partial charge in [-0.05, 0) is 25.7 Å². The van der Waals surface area contributed by atoms with Crippen LogP contribution in [0.15, 0.2) is 0 Å². The summed E-state index contributed by atoms with van der Waals surface area (Å²) < 4.78 is 26.1. The van der Waals surface area contributed by atoms with E-state index in [0.717, 1.165) is 50.8 Å². The summed E-state index contributed by atoms with van der Waals surface area (Å²) in [7, 11) is -3.67. The van der Waals surface area contributed by atoms with Crippen LogP contribution >= 0.6 is 0 Å². The van der Waals surface area contributed by atoms with Crippen molar-refractivity contribution in [2.75, 3.05) is 12.3 Å². The maximum atomic E-state index is 12.0. The van der Waals surface area contributed by atoms with E-state index in [1.165, 1.54) is 51.4 Å². The van der Waals surface area contributed by atoms with Crippen molar-refractivity contribution in [1.29, 1.82) is 0 Å². The number of aromatic nitrogens is 4. The Morgan fingerprint density at radius 2 is 1.31 bits per heavy atom. The van der Waals surface area contributed by atoms with Crippen LogP contribution in [0.25, 0.3) is 0 Å². The van der Waals surface area contributed by atoms with Gasteiger partial charge in [0.15, 0.2) is 5.82 Å². The normalized spacial score (nSPS) is 11.5. The molecule has 1 rings (SSSR count). The molecule has 1 heterocycles. The minimum absolute atomic E-state index is 0.144. The molecule has 0 aliphatic heterocycles. The van der Waals surface area contributed by atoms with Crippen molar-refractivity contribution in [3.63, 3.8) is 0 Å². The zero-order valence-corrected chi connectivity index (χ0v) is 23.0.